The van der Waals surface area contributed by atoms with E-state index < -0.39 is 6.09 Å². The molecule has 38 heavy (non-hydrogen) atoms. The van der Waals surface area contributed by atoms with Crippen LogP contribution >= 0.6 is 23.4 Å². The number of halogens is 1. The van der Waals surface area contributed by atoms with Gasteiger partial charge in [0.15, 0.2) is 0 Å². The van der Waals surface area contributed by atoms with E-state index in [1.807, 2.05) is 24.3 Å². The van der Waals surface area contributed by atoms with Crippen molar-refractivity contribution in [3.05, 3.63) is 88.3 Å². The number of imidazole rings is 1. The molecule has 2 N–H and O–H groups in total. The van der Waals surface area contributed by atoms with Crippen molar-refractivity contribution in [2.24, 2.45) is 0 Å². The lowest BCUT2D eigenvalue weighted by Crippen LogP contribution is -2.24. The third-order valence-corrected chi connectivity index (χ3v) is 7.47. The van der Waals surface area contributed by atoms with Crippen molar-refractivity contribution in [1.29, 1.82) is 0 Å². The molecule has 13 heteroatoms. The first kappa shape index (κ1) is 23.9. The number of benzene rings is 2. The van der Waals surface area contributed by atoms with E-state index in [0.29, 0.717) is 28.0 Å². The van der Waals surface area contributed by atoms with Crippen molar-refractivity contribution in [3.8, 4) is 28.1 Å². The van der Waals surface area contributed by atoms with Crippen LogP contribution in [0.4, 0.5) is 10.5 Å². The molecule has 1 amide bonds. The lowest BCUT2D eigenvalue weighted by molar-refractivity contribution is 0.187. The van der Waals surface area contributed by atoms with Crippen molar-refractivity contribution < 1.29 is 9.53 Å². The molecule has 6 rings (SSSR count). The first-order valence-electron chi connectivity index (χ1n) is 11.4. The fourth-order valence-corrected chi connectivity index (χ4v) is 5.71. The summed E-state index contributed by atoms with van der Waals surface area (Å²) in [6.07, 6.45) is 2.70. The summed E-state index contributed by atoms with van der Waals surface area (Å²) in [5, 5.41) is 15.4. The third kappa shape index (κ3) is 4.44. The summed E-state index contributed by atoms with van der Waals surface area (Å²) < 4.78 is 7.91. The number of hydrogen-bond donors (Lipinski definition) is 2. The zero-order valence-electron chi connectivity index (χ0n) is 19.8. The highest BCUT2D eigenvalue weighted by Gasteiger charge is 2.29. The molecule has 2 aromatic carbocycles. The van der Waals surface area contributed by atoms with Crippen LogP contribution in [0.1, 0.15) is 11.9 Å². The van der Waals surface area contributed by atoms with Crippen molar-refractivity contribution in [2.75, 3.05) is 18.2 Å². The fourth-order valence-electron chi connectivity index (χ4n) is 4.33. The molecule has 4 heterocycles. The van der Waals surface area contributed by atoms with Gasteiger partial charge >= 0.3 is 6.09 Å². The Kier molecular flexibility index (Phi) is 6.18. The number of amides is 1. The molecule has 3 aromatic heterocycles. The lowest BCUT2D eigenvalue weighted by Gasteiger charge is -2.14. The maximum Gasteiger partial charge on any atom is 0.411 e. The number of methoxy groups -OCH3 is 1. The number of hydrogen-bond acceptors (Lipinski definition) is 8. The predicted octanol–water partition coefficient (Wildman–Crippen LogP) is 4.41. The molecule has 0 unspecified atom stereocenters. The minimum absolute atomic E-state index is 0.147. The summed E-state index contributed by atoms with van der Waals surface area (Å²) in [6.45, 7) is 0. The van der Waals surface area contributed by atoms with Gasteiger partial charge in [0.2, 0.25) is 0 Å². The second kappa shape index (κ2) is 9.80. The van der Waals surface area contributed by atoms with Crippen molar-refractivity contribution in [1.82, 2.24) is 34.7 Å². The minimum atomic E-state index is -0.533. The Balaban J connectivity index is 1.30. The number of fused-ring (bicyclic) bond motifs is 1. The highest BCUT2D eigenvalue weighted by atomic mass is 35.5. The number of carbonyl (C=O) groups excluding carboxylic acids is 1. The van der Waals surface area contributed by atoms with Crippen molar-refractivity contribution >= 4 is 35.1 Å². The van der Waals surface area contributed by atoms with E-state index in [2.05, 4.69) is 35.5 Å². The number of aromatic amines is 1. The zero-order valence-corrected chi connectivity index (χ0v) is 21.4. The number of rotatable bonds is 5. The monoisotopic (exact) mass is 546 g/mol. The highest BCUT2D eigenvalue weighted by molar-refractivity contribution is 7.99. The molecule has 1 aliphatic heterocycles. The Labute approximate surface area is 224 Å². The predicted molar refractivity (Wildman–Crippen MR) is 143 cm³/mol. The van der Waals surface area contributed by atoms with Crippen molar-refractivity contribution in [3.63, 3.8) is 0 Å². The van der Waals surface area contributed by atoms with Gasteiger partial charge in [0.25, 0.3) is 5.56 Å². The van der Waals surface area contributed by atoms with Gasteiger partial charge in [-0.1, -0.05) is 23.7 Å². The van der Waals surface area contributed by atoms with Gasteiger partial charge in [-0.25, -0.2) is 9.78 Å². The molecule has 5 aromatic rings. The van der Waals surface area contributed by atoms with E-state index in [4.69, 9.17) is 11.6 Å². The first-order valence-corrected chi connectivity index (χ1v) is 12.8. The van der Waals surface area contributed by atoms with Crippen LogP contribution in [0.25, 0.3) is 28.1 Å². The molecule has 11 nitrogen and oxygen atoms in total. The molecule has 0 saturated heterocycles. The van der Waals surface area contributed by atoms with E-state index in [1.54, 1.807) is 52.9 Å². The van der Waals surface area contributed by atoms with Gasteiger partial charge in [0, 0.05) is 28.1 Å². The molecule has 0 saturated carbocycles. The summed E-state index contributed by atoms with van der Waals surface area (Å²) in [5.74, 6) is 1.35. The van der Waals surface area contributed by atoms with Crippen LogP contribution in [0.15, 0.2) is 76.9 Å². The van der Waals surface area contributed by atoms with Gasteiger partial charge in [-0.3, -0.25) is 14.7 Å². The number of nitrogens with one attached hydrogen (secondary N) is 2. The molecular weight excluding hydrogens is 528 g/mol. The Morgan fingerprint density at radius 3 is 2.76 bits per heavy atom. The van der Waals surface area contributed by atoms with Gasteiger partial charge in [0.1, 0.15) is 18.2 Å². The number of thioether (sulfide) groups is 1. The number of nitrogens with zero attached hydrogens (tertiary/aromatic N) is 6. The van der Waals surface area contributed by atoms with Gasteiger partial charge in [-0.2, -0.15) is 4.68 Å². The van der Waals surface area contributed by atoms with E-state index in [0.717, 1.165) is 27.4 Å². The number of aromatic nitrogens is 7. The smallest absolute Gasteiger partial charge is 0.411 e. The van der Waals surface area contributed by atoms with Crippen LogP contribution in [0.3, 0.4) is 0 Å². The molecule has 1 atom stereocenters. The molecular formula is C25H19ClN8O3S. The molecule has 0 radical (unpaired) electrons. The molecule has 0 aliphatic carbocycles. The minimum Gasteiger partial charge on any atom is -0.453 e. The summed E-state index contributed by atoms with van der Waals surface area (Å²) in [7, 11) is 1.31. The Bertz CT molecular complexity index is 1700. The maximum absolute atomic E-state index is 13.4. The van der Waals surface area contributed by atoms with Crippen LogP contribution in [0.2, 0.25) is 5.02 Å². The number of carbonyl (C=O) groups is 1. The van der Waals surface area contributed by atoms with E-state index in [-0.39, 0.29) is 11.6 Å². The standard InChI is InChI=1S/C25H19ClN8O3S/c1-37-25(36)29-17-5-2-14(3-6-17)19-11-27-24(30-19)21-12-38-23-9-15(8-22(35)34(21)23)18-10-16(26)4-7-20(18)33-13-28-31-32-33/h2-11,13,21H,12H2,1H3,(H,27,30)(H,29,36)/t21-/m0/s1. The second-order valence-electron chi connectivity index (χ2n) is 8.41. The third-order valence-electron chi connectivity index (χ3n) is 6.14. The Hall–Kier alpha value is -4.42. The van der Waals surface area contributed by atoms with Gasteiger partial charge in [-0.15, -0.1) is 16.9 Å². The summed E-state index contributed by atoms with van der Waals surface area (Å²) >= 11 is 7.88. The number of H-pyrrole nitrogens is 1. The summed E-state index contributed by atoms with van der Waals surface area (Å²) in [6, 6.07) is 16.0. The van der Waals surface area contributed by atoms with E-state index in [9.17, 15) is 9.59 Å². The largest absolute Gasteiger partial charge is 0.453 e. The van der Waals surface area contributed by atoms with Gasteiger partial charge in [0.05, 0.1) is 29.7 Å². The molecule has 1 aliphatic rings. The summed E-state index contributed by atoms with van der Waals surface area (Å²) in [4.78, 5) is 32.7. The number of tetrazole rings is 1. The quantitative estimate of drug-likeness (QED) is 0.331. The average Bonchev–Trinajstić information content (AvgIpc) is 3.70. The van der Waals surface area contributed by atoms with Crippen molar-refractivity contribution in [2.45, 2.75) is 11.1 Å². The number of ether oxygens (including phenoxy) is 1. The summed E-state index contributed by atoms with van der Waals surface area (Å²) in [5.41, 5.74) is 4.36. The maximum atomic E-state index is 13.4. The highest BCUT2D eigenvalue weighted by Crippen LogP contribution is 2.38. The second-order valence-corrected chi connectivity index (χ2v) is 9.89. The fraction of sp³-hybridized carbons (Fsp3) is 0.120. The topological polar surface area (TPSA) is 133 Å². The average molecular weight is 547 g/mol. The first-order chi connectivity index (χ1) is 18.5. The van der Waals surface area contributed by atoms with Crippen LogP contribution in [0.5, 0.6) is 0 Å². The molecule has 190 valence electrons. The van der Waals surface area contributed by atoms with Gasteiger partial charge < -0.3 is 9.72 Å². The van der Waals surface area contributed by atoms with Gasteiger partial charge in [-0.05, 0) is 58.0 Å². The van der Waals surface area contributed by atoms with E-state index in [1.165, 1.54) is 18.1 Å². The molecule has 0 bridgehead atoms. The van der Waals surface area contributed by atoms with Crippen LogP contribution in [0, 0.1) is 0 Å². The van der Waals surface area contributed by atoms with Crippen LogP contribution in [-0.4, -0.2) is 53.7 Å². The Morgan fingerprint density at radius 1 is 1.16 bits per heavy atom. The van der Waals surface area contributed by atoms with E-state index >= 15 is 0 Å². The van der Waals surface area contributed by atoms with Crippen LogP contribution in [-0.2, 0) is 4.74 Å². The van der Waals surface area contributed by atoms with Crippen LogP contribution < -0.4 is 10.9 Å². The SMILES string of the molecule is COC(=O)Nc1ccc(-c2cnc([C@@H]3CSc4cc(-c5cc(Cl)ccc5-n5cnnn5)cc(=O)n43)[nH]2)cc1. The molecule has 0 fully saturated rings. The molecule has 0 spiro atoms. The Morgan fingerprint density at radius 2 is 2.00 bits per heavy atom. The number of anilines is 1. The normalized spacial score (nSPS) is 14.3. The lowest BCUT2D eigenvalue weighted by atomic mass is 10.0. The number of pyridine rings is 1. The zero-order chi connectivity index (χ0) is 26.2.